The van der Waals surface area contributed by atoms with E-state index < -0.39 is 17.6 Å². The maximum atomic E-state index is 13.9. The second-order valence-electron chi connectivity index (χ2n) is 5.54. The van der Waals surface area contributed by atoms with Gasteiger partial charge >= 0.3 is 0 Å². The zero-order valence-corrected chi connectivity index (χ0v) is 14.3. The molecule has 0 spiro atoms. The summed E-state index contributed by atoms with van der Waals surface area (Å²) >= 11 is 5.93. The van der Waals surface area contributed by atoms with Crippen LogP contribution in [-0.4, -0.2) is 17.0 Å². The Labute approximate surface area is 152 Å². The lowest BCUT2D eigenvalue weighted by atomic mass is 10.1. The van der Waals surface area contributed by atoms with Crippen molar-refractivity contribution in [1.82, 2.24) is 5.16 Å². The Morgan fingerprint density at radius 1 is 1.23 bits per heavy atom. The number of nitrogens with one attached hydrogen (secondary N) is 1. The number of carbonyl (C=O) groups is 2. The molecule has 1 aromatic heterocycles. The first-order valence-corrected chi connectivity index (χ1v) is 7.87. The van der Waals surface area contributed by atoms with Crippen molar-refractivity contribution < 1.29 is 18.5 Å². The van der Waals surface area contributed by atoms with Crippen molar-refractivity contribution in [3.05, 3.63) is 70.1 Å². The van der Waals surface area contributed by atoms with Gasteiger partial charge in [0.25, 0.3) is 5.91 Å². The Morgan fingerprint density at radius 2 is 2.00 bits per heavy atom. The predicted octanol–water partition coefficient (Wildman–Crippen LogP) is 3.79. The minimum Gasteiger partial charge on any atom is -0.366 e. The largest absolute Gasteiger partial charge is 0.366 e. The van der Waals surface area contributed by atoms with Gasteiger partial charge in [-0.3, -0.25) is 9.59 Å². The van der Waals surface area contributed by atoms with Gasteiger partial charge in [-0.25, -0.2) is 4.39 Å². The summed E-state index contributed by atoms with van der Waals surface area (Å²) in [5, 5.41) is 6.73. The smallest absolute Gasteiger partial charge is 0.277 e. The summed E-state index contributed by atoms with van der Waals surface area (Å²) in [7, 11) is 0. The van der Waals surface area contributed by atoms with Gasteiger partial charge in [-0.05, 0) is 31.2 Å². The van der Waals surface area contributed by atoms with Crippen molar-refractivity contribution >= 4 is 29.1 Å². The predicted molar refractivity (Wildman–Crippen MR) is 94.6 cm³/mol. The zero-order valence-electron chi connectivity index (χ0n) is 13.5. The van der Waals surface area contributed by atoms with E-state index in [2.05, 4.69) is 10.5 Å². The SMILES string of the molecule is Cc1c(F)cc(C(N)=O)cc1NC(=O)c1cc(-c2cccc(Cl)c2)on1. The monoisotopic (exact) mass is 373 g/mol. The summed E-state index contributed by atoms with van der Waals surface area (Å²) in [4.78, 5) is 23.6. The molecule has 3 N–H and O–H groups in total. The maximum Gasteiger partial charge on any atom is 0.277 e. The molecule has 2 aromatic carbocycles. The molecule has 0 saturated heterocycles. The number of hydrogen-bond donors (Lipinski definition) is 2. The Balaban J connectivity index is 1.87. The van der Waals surface area contributed by atoms with E-state index >= 15 is 0 Å². The van der Waals surface area contributed by atoms with Gasteiger partial charge in [0.2, 0.25) is 5.91 Å². The van der Waals surface area contributed by atoms with Gasteiger partial charge in [-0.1, -0.05) is 28.9 Å². The summed E-state index contributed by atoms with van der Waals surface area (Å²) in [6.07, 6.45) is 0. The van der Waals surface area contributed by atoms with Crippen molar-refractivity contribution in [3.8, 4) is 11.3 Å². The third kappa shape index (κ3) is 3.57. The van der Waals surface area contributed by atoms with Gasteiger partial charge in [-0.2, -0.15) is 0 Å². The summed E-state index contributed by atoms with van der Waals surface area (Å²) in [6.45, 7) is 1.47. The first kappa shape index (κ1) is 17.6. The Kier molecular flexibility index (Phi) is 4.73. The highest BCUT2D eigenvalue weighted by Crippen LogP contribution is 2.25. The molecule has 0 aliphatic carbocycles. The number of halogens is 2. The molecular weight excluding hydrogens is 361 g/mol. The fourth-order valence-corrected chi connectivity index (χ4v) is 2.49. The maximum absolute atomic E-state index is 13.9. The van der Waals surface area contributed by atoms with Crippen molar-refractivity contribution in [2.75, 3.05) is 5.32 Å². The lowest BCUT2D eigenvalue weighted by Gasteiger charge is -2.09. The van der Waals surface area contributed by atoms with Crippen LogP contribution in [0.4, 0.5) is 10.1 Å². The molecule has 0 radical (unpaired) electrons. The molecule has 0 fully saturated rings. The number of nitrogens with two attached hydrogens (primary N) is 1. The van der Waals surface area contributed by atoms with Gasteiger partial charge in [0.05, 0.1) is 0 Å². The molecule has 0 atom stereocenters. The average Bonchev–Trinajstić information content (AvgIpc) is 3.09. The lowest BCUT2D eigenvalue weighted by Crippen LogP contribution is -2.16. The van der Waals surface area contributed by atoms with Crippen LogP contribution in [0, 0.1) is 12.7 Å². The van der Waals surface area contributed by atoms with Gasteiger partial charge in [0.15, 0.2) is 11.5 Å². The van der Waals surface area contributed by atoms with E-state index in [1.54, 1.807) is 24.3 Å². The Morgan fingerprint density at radius 3 is 2.69 bits per heavy atom. The van der Waals surface area contributed by atoms with E-state index in [9.17, 15) is 14.0 Å². The summed E-state index contributed by atoms with van der Waals surface area (Å²) < 4.78 is 19.1. The first-order chi connectivity index (χ1) is 12.3. The highest BCUT2D eigenvalue weighted by atomic mass is 35.5. The molecule has 0 aliphatic heterocycles. The van der Waals surface area contributed by atoms with E-state index in [0.717, 1.165) is 6.07 Å². The topological polar surface area (TPSA) is 98.2 Å². The fraction of sp³-hybridized carbons (Fsp3) is 0.0556. The molecule has 0 aliphatic rings. The second-order valence-corrected chi connectivity index (χ2v) is 5.97. The number of carbonyl (C=O) groups excluding carboxylic acids is 2. The second kappa shape index (κ2) is 6.97. The molecule has 6 nitrogen and oxygen atoms in total. The van der Waals surface area contributed by atoms with E-state index in [4.69, 9.17) is 21.9 Å². The van der Waals surface area contributed by atoms with E-state index in [0.29, 0.717) is 16.3 Å². The van der Waals surface area contributed by atoms with E-state index in [1.165, 1.54) is 19.1 Å². The van der Waals surface area contributed by atoms with Crippen molar-refractivity contribution in [2.45, 2.75) is 6.92 Å². The Bertz CT molecular complexity index is 1020. The van der Waals surface area contributed by atoms with Gasteiger partial charge in [-0.15, -0.1) is 0 Å². The van der Waals surface area contributed by atoms with Gasteiger partial charge in [0.1, 0.15) is 5.82 Å². The summed E-state index contributed by atoms with van der Waals surface area (Å²) in [5.74, 6) is -1.72. The van der Waals surface area contributed by atoms with Crippen LogP contribution in [0.2, 0.25) is 5.02 Å². The zero-order chi connectivity index (χ0) is 18.8. The van der Waals surface area contributed by atoms with Crippen LogP contribution in [-0.2, 0) is 0 Å². The molecule has 0 unspecified atom stereocenters. The number of primary amides is 1. The quantitative estimate of drug-likeness (QED) is 0.726. The number of benzene rings is 2. The molecule has 3 aromatic rings. The summed E-state index contributed by atoms with van der Waals surface area (Å²) in [5.41, 5.74) is 6.05. The van der Waals surface area contributed by atoms with Crippen LogP contribution in [0.1, 0.15) is 26.4 Å². The van der Waals surface area contributed by atoms with Crippen molar-refractivity contribution in [1.29, 1.82) is 0 Å². The normalized spacial score (nSPS) is 10.6. The molecule has 26 heavy (non-hydrogen) atoms. The number of amides is 2. The molecule has 1 heterocycles. The minimum atomic E-state index is -0.802. The highest BCUT2D eigenvalue weighted by molar-refractivity contribution is 6.30. The van der Waals surface area contributed by atoms with Gasteiger partial charge < -0.3 is 15.6 Å². The molecular formula is C18H13ClFN3O3. The molecule has 8 heteroatoms. The van der Waals surface area contributed by atoms with E-state index in [1.807, 2.05) is 0 Å². The molecule has 132 valence electrons. The first-order valence-electron chi connectivity index (χ1n) is 7.49. The van der Waals surface area contributed by atoms with Crippen LogP contribution in [0.15, 0.2) is 47.0 Å². The molecule has 2 amide bonds. The Hall–Kier alpha value is -3.19. The van der Waals surface area contributed by atoms with Crippen LogP contribution >= 0.6 is 11.6 Å². The number of hydrogen-bond acceptors (Lipinski definition) is 4. The number of aromatic nitrogens is 1. The molecule has 0 bridgehead atoms. The van der Waals surface area contributed by atoms with Crippen molar-refractivity contribution in [2.24, 2.45) is 5.73 Å². The number of nitrogens with zero attached hydrogens (tertiary/aromatic N) is 1. The van der Waals surface area contributed by atoms with Crippen LogP contribution in [0.3, 0.4) is 0 Å². The molecule has 3 rings (SSSR count). The minimum absolute atomic E-state index is 0.00994. The van der Waals surface area contributed by atoms with Crippen molar-refractivity contribution in [3.63, 3.8) is 0 Å². The number of rotatable bonds is 4. The standard InChI is InChI=1S/C18H13ClFN3O3/c1-9-13(20)6-11(17(21)24)7-14(9)22-18(25)15-8-16(26-23-15)10-3-2-4-12(19)5-10/h2-8H,1H3,(H2,21,24)(H,22,25). The fourth-order valence-electron chi connectivity index (χ4n) is 2.30. The van der Waals surface area contributed by atoms with E-state index in [-0.39, 0.29) is 22.5 Å². The average molecular weight is 374 g/mol. The third-order valence-electron chi connectivity index (χ3n) is 3.73. The highest BCUT2D eigenvalue weighted by Gasteiger charge is 2.17. The third-order valence-corrected chi connectivity index (χ3v) is 3.96. The van der Waals surface area contributed by atoms with Gasteiger partial charge in [0, 0.05) is 33.5 Å². The summed E-state index contributed by atoms with van der Waals surface area (Å²) in [6, 6.07) is 10.6. The molecule has 0 saturated carbocycles. The van der Waals surface area contributed by atoms with Crippen LogP contribution in [0.25, 0.3) is 11.3 Å². The lowest BCUT2D eigenvalue weighted by molar-refractivity contribution is 0.0994. The number of anilines is 1. The van der Waals surface area contributed by atoms with Crippen LogP contribution in [0.5, 0.6) is 0 Å². The van der Waals surface area contributed by atoms with Crippen LogP contribution < -0.4 is 11.1 Å².